The molecule has 0 unspecified atom stereocenters. The van der Waals surface area contributed by atoms with Gasteiger partial charge < -0.3 is 9.47 Å². The summed E-state index contributed by atoms with van der Waals surface area (Å²) in [5.41, 5.74) is 3.41. The molecule has 0 radical (unpaired) electrons. The average Bonchev–Trinajstić information content (AvgIpc) is 2.80. The number of ether oxygens (including phenoxy) is 2. The Labute approximate surface area is 106 Å². The molecule has 0 saturated carbocycles. The van der Waals surface area contributed by atoms with Crippen LogP contribution in [0, 0.1) is 12.7 Å². The fourth-order valence-electron chi connectivity index (χ4n) is 2.80. The molecule has 1 aliphatic carbocycles. The SMILES string of the molecule is Cc1cc(F)ccc1C1=CCC2(CC1)OCCO2. The van der Waals surface area contributed by atoms with Gasteiger partial charge in [-0.15, -0.1) is 0 Å². The molecule has 18 heavy (non-hydrogen) atoms. The average molecular weight is 248 g/mol. The molecule has 1 aromatic carbocycles. The molecule has 1 aliphatic heterocycles. The van der Waals surface area contributed by atoms with Crippen LogP contribution >= 0.6 is 0 Å². The van der Waals surface area contributed by atoms with E-state index >= 15 is 0 Å². The van der Waals surface area contributed by atoms with Crippen molar-refractivity contribution >= 4 is 5.57 Å². The number of rotatable bonds is 1. The van der Waals surface area contributed by atoms with Crippen molar-refractivity contribution in [2.75, 3.05) is 13.2 Å². The van der Waals surface area contributed by atoms with Gasteiger partial charge >= 0.3 is 0 Å². The molecule has 2 nitrogen and oxygen atoms in total. The molecule has 1 saturated heterocycles. The zero-order chi connectivity index (χ0) is 12.6. The van der Waals surface area contributed by atoms with Crippen molar-refractivity contribution < 1.29 is 13.9 Å². The Balaban J connectivity index is 1.84. The first-order valence-corrected chi connectivity index (χ1v) is 6.42. The van der Waals surface area contributed by atoms with Gasteiger partial charge in [0.15, 0.2) is 5.79 Å². The summed E-state index contributed by atoms with van der Waals surface area (Å²) in [5.74, 6) is -0.552. The van der Waals surface area contributed by atoms with Crippen molar-refractivity contribution in [2.24, 2.45) is 0 Å². The van der Waals surface area contributed by atoms with E-state index in [0.29, 0.717) is 13.2 Å². The van der Waals surface area contributed by atoms with Crippen molar-refractivity contribution in [2.45, 2.75) is 32.0 Å². The predicted molar refractivity (Wildman–Crippen MR) is 67.6 cm³/mol. The molecule has 2 aliphatic rings. The normalized spacial score (nSPS) is 22.2. The van der Waals surface area contributed by atoms with E-state index in [1.165, 1.54) is 11.6 Å². The highest BCUT2D eigenvalue weighted by atomic mass is 19.1. The summed E-state index contributed by atoms with van der Waals surface area (Å²) in [5, 5.41) is 0. The molecule has 1 spiro atoms. The van der Waals surface area contributed by atoms with Crippen LogP contribution in [0.4, 0.5) is 4.39 Å². The highest BCUT2D eigenvalue weighted by molar-refractivity contribution is 5.69. The second-order valence-corrected chi connectivity index (χ2v) is 5.00. The van der Waals surface area contributed by atoms with E-state index in [0.717, 1.165) is 30.4 Å². The third kappa shape index (κ3) is 2.08. The number of halogens is 1. The van der Waals surface area contributed by atoms with Crippen LogP contribution in [-0.2, 0) is 9.47 Å². The molecule has 96 valence electrons. The molecule has 3 rings (SSSR count). The van der Waals surface area contributed by atoms with Gasteiger partial charge in [0.1, 0.15) is 5.82 Å². The van der Waals surface area contributed by atoms with Gasteiger partial charge in [-0.25, -0.2) is 4.39 Å². The molecule has 0 atom stereocenters. The van der Waals surface area contributed by atoms with Crippen molar-refractivity contribution in [3.05, 3.63) is 41.2 Å². The summed E-state index contributed by atoms with van der Waals surface area (Å²) in [6.45, 7) is 3.34. The Morgan fingerprint density at radius 1 is 1.22 bits per heavy atom. The van der Waals surface area contributed by atoms with Crippen LogP contribution in [0.1, 0.15) is 30.4 Å². The van der Waals surface area contributed by atoms with Crippen LogP contribution in [0.2, 0.25) is 0 Å². The van der Waals surface area contributed by atoms with Crippen molar-refractivity contribution in [1.82, 2.24) is 0 Å². The van der Waals surface area contributed by atoms with Crippen molar-refractivity contribution in [3.63, 3.8) is 0 Å². The Bertz CT molecular complexity index is 487. The van der Waals surface area contributed by atoms with Gasteiger partial charge in [0.05, 0.1) is 13.2 Å². The second-order valence-electron chi connectivity index (χ2n) is 5.00. The molecule has 1 aromatic rings. The first kappa shape index (κ1) is 11.9. The molecule has 3 heteroatoms. The third-order valence-corrected chi connectivity index (χ3v) is 3.78. The number of allylic oxidation sites excluding steroid dienone is 1. The Kier molecular flexibility index (Phi) is 2.96. The van der Waals surface area contributed by atoms with Crippen LogP contribution in [0.25, 0.3) is 5.57 Å². The molecule has 0 amide bonds. The van der Waals surface area contributed by atoms with Gasteiger partial charge in [-0.05, 0) is 42.2 Å². The minimum Gasteiger partial charge on any atom is -0.347 e. The highest BCUT2D eigenvalue weighted by Crippen LogP contribution is 2.38. The Morgan fingerprint density at radius 2 is 2.00 bits per heavy atom. The first-order chi connectivity index (χ1) is 8.69. The van der Waals surface area contributed by atoms with Gasteiger partial charge in [-0.3, -0.25) is 0 Å². The van der Waals surface area contributed by atoms with E-state index in [2.05, 4.69) is 6.08 Å². The van der Waals surface area contributed by atoms with Crippen LogP contribution in [0.3, 0.4) is 0 Å². The van der Waals surface area contributed by atoms with Gasteiger partial charge in [0.25, 0.3) is 0 Å². The zero-order valence-corrected chi connectivity index (χ0v) is 10.5. The molecule has 1 heterocycles. The maximum absolute atomic E-state index is 13.1. The quantitative estimate of drug-likeness (QED) is 0.758. The van der Waals surface area contributed by atoms with E-state index in [1.807, 2.05) is 13.0 Å². The predicted octanol–water partition coefficient (Wildman–Crippen LogP) is 3.44. The lowest BCUT2D eigenvalue weighted by Gasteiger charge is -2.31. The van der Waals surface area contributed by atoms with Gasteiger partial charge in [-0.2, -0.15) is 0 Å². The summed E-state index contributed by atoms with van der Waals surface area (Å²) < 4.78 is 24.5. The van der Waals surface area contributed by atoms with E-state index < -0.39 is 0 Å². The maximum atomic E-state index is 13.1. The van der Waals surface area contributed by atoms with E-state index in [9.17, 15) is 4.39 Å². The fourth-order valence-corrected chi connectivity index (χ4v) is 2.80. The molecular weight excluding hydrogens is 231 g/mol. The highest BCUT2D eigenvalue weighted by Gasteiger charge is 2.37. The topological polar surface area (TPSA) is 18.5 Å². The molecule has 0 bridgehead atoms. The smallest absolute Gasteiger partial charge is 0.172 e. The van der Waals surface area contributed by atoms with Crippen molar-refractivity contribution in [1.29, 1.82) is 0 Å². The lowest BCUT2D eigenvalue weighted by molar-refractivity contribution is -0.159. The number of aryl methyl sites for hydroxylation is 1. The summed E-state index contributed by atoms with van der Waals surface area (Å²) in [6, 6.07) is 4.98. The lowest BCUT2D eigenvalue weighted by Crippen LogP contribution is -2.31. The summed E-state index contributed by atoms with van der Waals surface area (Å²) in [7, 11) is 0. The van der Waals surface area contributed by atoms with Crippen LogP contribution in [0.5, 0.6) is 0 Å². The van der Waals surface area contributed by atoms with Crippen LogP contribution in [-0.4, -0.2) is 19.0 Å². The molecule has 1 fully saturated rings. The molecule has 0 aromatic heterocycles. The zero-order valence-electron chi connectivity index (χ0n) is 10.5. The van der Waals surface area contributed by atoms with Crippen LogP contribution in [0.15, 0.2) is 24.3 Å². The summed E-state index contributed by atoms with van der Waals surface area (Å²) in [6.07, 6.45) is 4.77. The fraction of sp³-hybridized carbons (Fsp3) is 0.467. The molecular formula is C15H17FO2. The number of hydrogen-bond donors (Lipinski definition) is 0. The van der Waals surface area contributed by atoms with E-state index in [1.54, 1.807) is 6.07 Å². The number of hydrogen-bond acceptors (Lipinski definition) is 2. The monoisotopic (exact) mass is 248 g/mol. The second kappa shape index (κ2) is 4.48. The largest absolute Gasteiger partial charge is 0.347 e. The molecule has 0 N–H and O–H groups in total. The van der Waals surface area contributed by atoms with E-state index in [4.69, 9.17) is 9.47 Å². The Morgan fingerprint density at radius 3 is 2.61 bits per heavy atom. The van der Waals surface area contributed by atoms with Crippen LogP contribution < -0.4 is 0 Å². The lowest BCUT2D eigenvalue weighted by atomic mass is 9.88. The first-order valence-electron chi connectivity index (χ1n) is 6.42. The summed E-state index contributed by atoms with van der Waals surface area (Å²) in [4.78, 5) is 0. The van der Waals surface area contributed by atoms with Gasteiger partial charge in [-0.1, -0.05) is 12.1 Å². The summed E-state index contributed by atoms with van der Waals surface area (Å²) >= 11 is 0. The third-order valence-electron chi connectivity index (χ3n) is 3.78. The van der Waals surface area contributed by atoms with Gasteiger partial charge in [0, 0.05) is 12.8 Å². The minimum absolute atomic E-state index is 0.174. The maximum Gasteiger partial charge on any atom is 0.172 e. The van der Waals surface area contributed by atoms with Gasteiger partial charge in [0.2, 0.25) is 0 Å². The standard InChI is InChI=1S/C15H17FO2/c1-11-10-13(16)2-3-14(11)12-4-6-15(7-5-12)17-8-9-18-15/h2-4,10H,5-9H2,1H3. The number of benzene rings is 1. The Hall–Kier alpha value is -1.19. The van der Waals surface area contributed by atoms with E-state index in [-0.39, 0.29) is 11.6 Å². The van der Waals surface area contributed by atoms with Crippen molar-refractivity contribution in [3.8, 4) is 0 Å². The minimum atomic E-state index is -0.378.